The van der Waals surface area contributed by atoms with E-state index in [1.54, 1.807) is 24.5 Å². The summed E-state index contributed by atoms with van der Waals surface area (Å²) in [6, 6.07) is 12.0. The Hall–Kier alpha value is -4.07. The summed E-state index contributed by atoms with van der Waals surface area (Å²) in [6.07, 6.45) is 4.84. The summed E-state index contributed by atoms with van der Waals surface area (Å²) >= 11 is 0. The molecule has 2 N–H and O–H groups in total. The zero-order valence-electron chi connectivity index (χ0n) is 17.7. The van der Waals surface area contributed by atoms with Crippen LogP contribution in [0.4, 0.5) is 13.2 Å². The topological polar surface area (TPSA) is 76.5 Å². The number of rotatable bonds is 6. The second kappa shape index (κ2) is 8.82. The van der Waals surface area contributed by atoms with Gasteiger partial charge in [-0.05, 0) is 41.8 Å². The van der Waals surface area contributed by atoms with Crippen LogP contribution in [0.1, 0.15) is 23.6 Å². The fourth-order valence-corrected chi connectivity index (χ4v) is 3.83. The van der Waals surface area contributed by atoms with Crippen molar-refractivity contribution in [1.82, 2.24) is 9.97 Å². The molecule has 0 bridgehead atoms. The van der Waals surface area contributed by atoms with E-state index in [1.807, 2.05) is 24.3 Å². The average molecular weight is 447 g/mol. The molecule has 0 spiro atoms. The minimum atomic E-state index is -2.67. The first-order chi connectivity index (χ1) is 15.8. The van der Waals surface area contributed by atoms with Crippen LogP contribution in [0.3, 0.4) is 0 Å². The molecule has 5 nitrogen and oxygen atoms in total. The second-order valence-corrected chi connectivity index (χ2v) is 7.49. The maximum Gasteiger partial charge on any atom is 0.276 e. The highest BCUT2D eigenvalue weighted by Gasteiger charge is 2.44. The molecule has 8 heteroatoms. The summed E-state index contributed by atoms with van der Waals surface area (Å²) in [7, 11) is 0. The van der Waals surface area contributed by atoms with Gasteiger partial charge in [0.05, 0.1) is 11.3 Å². The standard InChI is InChI=1S/C25H20F3N5/c1-15(9-10-32-16(2)23(27)28)25(20-7-4-8-21(26)22(20)24(29)33-25)19-6-3-5-17(11-19)18-12-30-14-31-13-18/h3-14,23H,1H2,2H3,(H2,29,33)/b10-9-,32-16+/t25-/m1/s1. The summed E-state index contributed by atoms with van der Waals surface area (Å²) in [5.41, 5.74) is 7.91. The highest BCUT2D eigenvalue weighted by atomic mass is 19.3. The van der Waals surface area contributed by atoms with Gasteiger partial charge < -0.3 is 5.73 Å². The number of nitrogens with zero attached hydrogens (tertiary/aromatic N) is 4. The number of hydrogen-bond acceptors (Lipinski definition) is 5. The van der Waals surface area contributed by atoms with E-state index in [9.17, 15) is 13.2 Å². The van der Waals surface area contributed by atoms with Gasteiger partial charge in [-0.25, -0.2) is 28.1 Å². The van der Waals surface area contributed by atoms with Gasteiger partial charge in [0, 0.05) is 29.7 Å². The van der Waals surface area contributed by atoms with Crippen molar-refractivity contribution in [1.29, 1.82) is 0 Å². The molecule has 1 aliphatic heterocycles. The van der Waals surface area contributed by atoms with Crippen molar-refractivity contribution < 1.29 is 13.2 Å². The van der Waals surface area contributed by atoms with Gasteiger partial charge in [-0.2, -0.15) is 0 Å². The molecule has 2 aromatic carbocycles. The maximum atomic E-state index is 14.7. The minimum Gasteiger partial charge on any atom is -0.383 e. The van der Waals surface area contributed by atoms with E-state index in [0.29, 0.717) is 16.7 Å². The molecule has 0 saturated heterocycles. The summed E-state index contributed by atoms with van der Waals surface area (Å²) in [5, 5.41) is 0. The summed E-state index contributed by atoms with van der Waals surface area (Å²) in [4.78, 5) is 16.6. The Morgan fingerprint density at radius 3 is 2.58 bits per heavy atom. The highest BCUT2D eigenvalue weighted by molar-refractivity contribution is 6.03. The zero-order chi connectivity index (χ0) is 23.6. The molecule has 2 heterocycles. The van der Waals surface area contributed by atoms with Gasteiger partial charge in [0.2, 0.25) is 0 Å². The van der Waals surface area contributed by atoms with Gasteiger partial charge in [0.25, 0.3) is 6.43 Å². The van der Waals surface area contributed by atoms with Gasteiger partial charge in [-0.1, -0.05) is 36.9 Å². The van der Waals surface area contributed by atoms with E-state index in [-0.39, 0.29) is 17.1 Å². The number of nitrogens with two attached hydrogens (primary N) is 1. The molecule has 33 heavy (non-hydrogen) atoms. The molecule has 1 aromatic heterocycles. The van der Waals surface area contributed by atoms with Crippen LogP contribution in [0.2, 0.25) is 0 Å². The van der Waals surface area contributed by atoms with Gasteiger partial charge in [0.15, 0.2) is 0 Å². The molecular formula is C25H20F3N5. The molecule has 1 aliphatic rings. The molecule has 3 aromatic rings. The molecule has 4 rings (SSSR count). The molecule has 0 amide bonds. The number of amidine groups is 1. The van der Waals surface area contributed by atoms with Crippen molar-refractivity contribution in [3.8, 4) is 11.1 Å². The van der Waals surface area contributed by atoms with Gasteiger partial charge in [0.1, 0.15) is 23.5 Å². The van der Waals surface area contributed by atoms with Crippen LogP contribution in [0, 0.1) is 5.82 Å². The number of hydrogen-bond donors (Lipinski definition) is 1. The minimum absolute atomic E-state index is 0.0263. The number of fused-ring (bicyclic) bond motifs is 1. The Morgan fingerprint density at radius 2 is 1.85 bits per heavy atom. The summed E-state index contributed by atoms with van der Waals surface area (Å²) in [6.45, 7) is 5.37. The van der Waals surface area contributed by atoms with Crippen molar-refractivity contribution in [3.63, 3.8) is 0 Å². The quantitative estimate of drug-likeness (QED) is 0.425. The van der Waals surface area contributed by atoms with E-state index in [2.05, 4.69) is 26.5 Å². The zero-order valence-corrected chi connectivity index (χ0v) is 17.7. The molecular weight excluding hydrogens is 427 g/mol. The largest absolute Gasteiger partial charge is 0.383 e. The molecule has 0 saturated carbocycles. The van der Waals surface area contributed by atoms with Crippen molar-refractivity contribution in [2.75, 3.05) is 0 Å². The first kappa shape index (κ1) is 22.1. The molecule has 166 valence electrons. The van der Waals surface area contributed by atoms with E-state index in [1.165, 1.54) is 31.6 Å². The first-order valence-corrected chi connectivity index (χ1v) is 10.0. The summed E-state index contributed by atoms with van der Waals surface area (Å²) in [5.74, 6) is -0.482. The Morgan fingerprint density at radius 1 is 1.12 bits per heavy atom. The van der Waals surface area contributed by atoms with Crippen LogP contribution in [-0.2, 0) is 5.54 Å². The fourth-order valence-electron chi connectivity index (χ4n) is 3.83. The molecule has 0 radical (unpaired) electrons. The van der Waals surface area contributed by atoms with E-state index in [4.69, 9.17) is 5.73 Å². The maximum absolute atomic E-state index is 14.7. The third-order valence-electron chi connectivity index (χ3n) is 5.46. The average Bonchev–Trinajstić information content (AvgIpc) is 3.14. The Bertz CT molecular complexity index is 1300. The van der Waals surface area contributed by atoms with Crippen molar-refractivity contribution in [2.45, 2.75) is 18.9 Å². The van der Waals surface area contributed by atoms with Crippen molar-refractivity contribution >= 4 is 11.5 Å². The lowest BCUT2D eigenvalue weighted by Crippen LogP contribution is -2.25. The van der Waals surface area contributed by atoms with E-state index >= 15 is 0 Å². The number of aliphatic imine (C=N–C) groups is 2. The smallest absolute Gasteiger partial charge is 0.276 e. The van der Waals surface area contributed by atoms with Gasteiger partial charge in [-0.3, -0.25) is 4.99 Å². The third-order valence-corrected chi connectivity index (χ3v) is 5.46. The van der Waals surface area contributed by atoms with Crippen LogP contribution in [0.15, 0.2) is 95.6 Å². The van der Waals surface area contributed by atoms with Crippen LogP contribution in [0.5, 0.6) is 0 Å². The Balaban J connectivity index is 1.90. The normalized spacial score (nSPS) is 18.0. The second-order valence-electron chi connectivity index (χ2n) is 7.49. The molecule has 0 fully saturated rings. The van der Waals surface area contributed by atoms with Crippen LogP contribution in [0.25, 0.3) is 11.1 Å². The molecule has 0 unspecified atom stereocenters. The van der Waals surface area contributed by atoms with Crippen molar-refractivity contribution in [2.24, 2.45) is 15.7 Å². The van der Waals surface area contributed by atoms with E-state index in [0.717, 1.165) is 11.1 Å². The van der Waals surface area contributed by atoms with Crippen molar-refractivity contribution in [3.05, 3.63) is 108 Å². The lowest BCUT2D eigenvalue weighted by atomic mass is 9.77. The molecule has 1 atom stereocenters. The summed E-state index contributed by atoms with van der Waals surface area (Å²) < 4.78 is 40.4. The first-order valence-electron chi connectivity index (χ1n) is 10.0. The fraction of sp³-hybridized carbons (Fsp3) is 0.120. The lowest BCUT2D eigenvalue weighted by molar-refractivity contribution is 0.225. The van der Waals surface area contributed by atoms with Gasteiger partial charge >= 0.3 is 0 Å². The predicted octanol–water partition coefficient (Wildman–Crippen LogP) is 5.04. The van der Waals surface area contributed by atoms with Crippen LogP contribution < -0.4 is 5.73 Å². The van der Waals surface area contributed by atoms with E-state index < -0.39 is 17.8 Å². The Labute approximate surface area is 189 Å². The van der Waals surface area contributed by atoms with Gasteiger partial charge in [-0.15, -0.1) is 0 Å². The van der Waals surface area contributed by atoms with Crippen LogP contribution in [-0.4, -0.2) is 27.9 Å². The lowest BCUT2D eigenvalue weighted by Gasteiger charge is -2.29. The number of halogens is 3. The highest BCUT2D eigenvalue weighted by Crippen LogP contribution is 2.47. The molecule has 0 aliphatic carbocycles. The Kier molecular flexibility index (Phi) is 5.91. The number of benzene rings is 2. The van der Waals surface area contributed by atoms with Crippen LogP contribution >= 0.6 is 0 Å². The predicted molar refractivity (Wildman–Crippen MR) is 123 cm³/mol. The number of aromatic nitrogens is 2. The third kappa shape index (κ3) is 3.95. The SMILES string of the molecule is C=C(/C=C\N=C(/C)C(F)F)[C@]1(c2cccc(-c3cncnc3)c2)N=C(N)c2c(F)cccc21. The number of alkyl halides is 2. The monoisotopic (exact) mass is 447 g/mol.